The molecule has 0 aromatic rings. The molecule has 0 aliphatic heterocycles. The van der Waals surface area contributed by atoms with E-state index in [9.17, 15) is 9.90 Å². The number of hydrogen-bond donors (Lipinski definition) is 2. The van der Waals surface area contributed by atoms with E-state index in [0.717, 1.165) is 38.5 Å². The maximum atomic E-state index is 12.1. The summed E-state index contributed by atoms with van der Waals surface area (Å²) in [5.41, 5.74) is -0.138. The normalized spacial score (nSPS) is 28.6. The third-order valence-electron chi connectivity index (χ3n) is 4.98. The number of amides is 2. The van der Waals surface area contributed by atoms with Crippen LogP contribution in [0.15, 0.2) is 0 Å². The Hall–Kier alpha value is -0.810. The molecule has 0 heterocycles. The van der Waals surface area contributed by atoms with Crippen LogP contribution >= 0.6 is 0 Å². The number of ether oxygens (including phenoxy) is 1. The Kier molecular flexibility index (Phi) is 5.27. The summed E-state index contributed by atoms with van der Waals surface area (Å²) in [4.78, 5) is 13.8. The fourth-order valence-corrected chi connectivity index (χ4v) is 3.23. The van der Waals surface area contributed by atoms with Crippen LogP contribution in [-0.2, 0) is 4.74 Å². The molecule has 116 valence electrons. The van der Waals surface area contributed by atoms with E-state index >= 15 is 0 Å². The average Bonchev–Trinajstić information content (AvgIpc) is 2.40. The quantitative estimate of drug-likeness (QED) is 0.808. The van der Waals surface area contributed by atoms with Gasteiger partial charge in [-0.15, -0.1) is 0 Å². The first-order valence-electron chi connectivity index (χ1n) is 7.78. The number of carbonyl (C=O) groups excluding carboxylic acids is 1. The van der Waals surface area contributed by atoms with Crippen molar-refractivity contribution in [1.29, 1.82) is 0 Å². The molecule has 2 fully saturated rings. The first-order valence-corrected chi connectivity index (χ1v) is 7.78. The highest BCUT2D eigenvalue weighted by Gasteiger charge is 2.37. The molecule has 0 aromatic carbocycles. The van der Waals surface area contributed by atoms with E-state index in [1.54, 1.807) is 19.1 Å². The second kappa shape index (κ2) is 6.76. The number of methoxy groups -OCH3 is 1. The van der Waals surface area contributed by atoms with Crippen LogP contribution in [0.4, 0.5) is 4.79 Å². The number of urea groups is 1. The monoisotopic (exact) mass is 284 g/mol. The Bertz CT molecular complexity index is 326. The number of aliphatic hydroxyl groups excluding tert-OH is 1. The molecule has 20 heavy (non-hydrogen) atoms. The number of hydrogen-bond acceptors (Lipinski definition) is 3. The largest absolute Gasteiger partial charge is 0.393 e. The first kappa shape index (κ1) is 15.6. The molecule has 2 unspecified atom stereocenters. The molecule has 0 spiro atoms. The molecule has 0 radical (unpaired) electrons. The van der Waals surface area contributed by atoms with Crippen LogP contribution in [0.2, 0.25) is 0 Å². The van der Waals surface area contributed by atoms with Crippen molar-refractivity contribution in [2.24, 2.45) is 5.92 Å². The molecular formula is C15H28N2O3. The minimum Gasteiger partial charge on any atom is -0.393 e. The van der Waals surface area contributed by atoms with Crippen molar-refractivity contribution in [3.63, 3.8) is 0 Å². The second-order valence-electron chi connectivity index (χ2n) is 6.39. The number of nitrogens with one attached hydrogen (secondary N) is 1. The van der Waals surface area contributed by atoms with Gasteiger partial charge in [0, 0.05) is 33.2 Å². The highest BCUT2D eigenvalue weighted by atomic mass is 16.5. The van der Waals surface area contributed by atoms with Crippen LogP contribution in [0.25, 0.3) is 0 Å². The molecule has 0 bridgehead atoms. The number of nitrogens with zero attached hydrogens (tertiary/aromatic N) is 1. The van der Waals surface area contributed by atoms with Gasteiger partial charge in [-0.1, -0.05) is 12.8 Å². The summed E-state index contributed by atoms with van der Waals surface area (Å²) < 4.78 is 5.50. The molecule has 5 nitrogen and oxygen atoms in total. The highest BCUT2D eigenvalue weighted by molar-refractivity contribution is 5.73. The van der Waals surface area contributed by atoms with Gasteiger partial charge in [-0.3, -0.25) is 0 Å². The zero-order valence-corrected chi connectivity index (χ0v) is 12.7. The van der Waals surface area contributed by atoms with Crippen LogP contribution in [0, 0.1) is 5.92 Å². The summed E-state index contributed by atoms with van der Waals surface area (Å²) in [7, 11) is 3.52. The van der Waals surface area contributed by atoms with Crippen molar-refractivity contribution in [3.8, 4) is 0 Å². The third-order valence-corrected chi connectivity index (χ3v) is 4.98. The Morgan fingerprint density at radius 1 is 1.35 bits per heavy atom. The molecular weight excluding hydrogens is 256 g/mol. The van der Waals surface area contributed by atoms with Crippen LogP contribution < -0.4 is 5.32 Å². The molecule has 2 rings (SSSR count). The van der Waals surface area contributed by atoms with Gasteiger partial charge in [-0.25, -0.2) is 4.79 Å². The predicted molar refractivity (Wildman–Crippen MR) is 77.6 cm³/mol. The van der Waals surface area contributed by atoms with Crippen molar-refractivity contribution >= 4 is 6.03 Å². The fraction of sp³-hybridized carbons (Fsp3) is 0.933. The van der Waals surface area contributed by atoms with Crippen molar-refractivity contribution in [2.75, 3.05) is 27.2 Å². The van der Waals surface area contributed by atoms with Crippen molar-refractivity contribution < 1.29 is 14.6 Å². The fourth-order valence-electron chi connectivity index (χ4n) is 3.23. The standard InChI is InChI=1S/C15H28N2O3/c1-17(10-12-6-3-4-7-13(12)18)14(19)16-11-15(20-2)8-5-9-15/h12-13,18H,3-11H2,1-2H3,(H,16,19). The Balaban J connectivity index is 1.74. The maximum Gasteiger partial charge on any atom is 0.317 e. The smallest absolute Gasteiger partial charge is 0.317 e. The Morgan fingerprint density at radius 3 is 2.60 bits per heavy atom. The zero-order valence-electron chi connectivity index (χ0n) is 12.7. The molecule has 2 atom stereocenters. The maximum absolute atomic E-state index is 12.1. The molecule has 2 aliphatic rings. The summed E-state index contributed by atoms with van der Waals surface area (Å²) >= 11 is 0. The lowest BCUT2D eigenvalue weighted by Crippen LogP contribution is -2.52. The summed E-state index contributed by atoms with van der Waals surface area (Å²) in [5.74, 6) is 0.222. The van der Waals surface area contributed by atoms with Crippen molar-refractivity contribution in [1.82, 2.24) is 10.2 Å². The molecule has 2 amide bonds. The van der Waals surface area contributed by atoms with Crippen molar-refractivity contribution in [3.05, 3.63) is 0 Å². The Morgan fingerprint density at radius 2 is 2.05 bits per heavy atom. The molecule has 0 aromatic heterocycles. The lowest BCUT2D eigenvalue weighted by atomic mass is 9.80. The van der Waals surface area contributed by atoms with Gasteiger partial charge >= 0.3 is 6.03 Å². The molecule has 2 saturated carbocycles. The molecule has 0 saturated heterocycles. The van der Waals surface area contributed by atoms with E-state index < -0.39 is 0 Å². The van der Waals surface area contributed by atoms with E-state index in [4.69, 9.17) is 4.74 Å². The predicted octanol–water partition coefficient (Wildman–Crippen LogP) is 1.75. The van der Waals surface area contributed by atoms with Gasteiger partial charge in [-0.05, 0) is 32.1 Å². The zero-order chi connectivity index (χ0) is 14.6. The van der Waals surface area contributed by atoms with Crippen LogP contribution in [0.5, 0.6) is 0 Å². The van der Waals surface area contributed by atoms with Gasteiger partial charge in [0.1, 0.15) is 0 Å². The van der Waals surface area contributed by atoms with E-state index in [0.29, 0.717) is 13.1 Å². The number of aliphatic hydroxyl groups is 1. The lowest BCUT2D eigenvalue weighted by molar-refractivity contribution is -0.0679. The van der Waals surface area contributed by atoms with Gasteiger partial charge in [0.15, 0.2) is 0 Å². The Labute approximate surface area is 121 Å². The average molecular weight is 284 g/mol. The minimum absolute atomic E-state index is 0.0638. The summed E-state index contributed by atoms with van der Waals surface area (Å²) in [6, 6.07) is -0.0638. The van der Waals surface area contributed by atoms with Crippen LogP contribution in [-0.4, -0.2) is 55.0 Å². The topological polar surface area (TPSA) is 61.8 Å². The lowest BCUT2D eigenvalue weighted by Gasteiger charge is -2.41. The molecule has 2 N–H and O–H groups in total. The van der Waals surface area contributed by atoms with Crippen LogP contribution in [0.1, 0.15) is 44.9 Å². The number of rotatable bonds is 5. The van der Waals surface area contributed by atoms with E-state index in [2.05, 4.69) is 5.32 Å². The van der Waals surface area contributed by atoms with Gasteiger partial charge in [-0.2, -0.15) is 0 Å². The summed E-state index contributed by atoms with van der Waals surface area (Å²) in [6.45, 7) is 1.22. The minimum atomic E-state index is -0.254. The highest BCUT2D eigenvalue weighted by Crippen LogP contribution is 2.34. The van der Waals surface area contributed by atoms with E-state index in [-0.39, 0.29) is 23.7 Å². The van der Waals surface area contributed by atoms with Crippen molar-refractivity contribution in [2.45, 2.75) is 56.7 Å². The van der Waals surface area contributed by atoms with Gasteiger partial charge in [0.2, 0.25) is 0 Å². The van der Waals surface area contributed by atoms with Gasteiger partial charge in [0.05, 0.1) is 11.7 Å². The summed E-state index contributed by atoms with van der Waals surface area (Å²) in [6.07, 6.45) is 7.11. The molecule has 2 aliphatic carbocycles. The SMILES string of the molecule is COC1(CNC(=O)N(C)CC2CCCCC2O)CCC1. The van der Waals surface area contributed by atoms with Crippen LogP contribution in [0.3, 0.4) is 0 Å². The van der Waals surface area contributed by atoms with E-state index in [1.165, 1.54) is 6.42 Å². The first-order chi connectivity index (χ1) is 9.56. The molecule has 5 heteroatoms. The van der Waals surface area contributed by atoms with Gasteiger partial charge in [0.25, 0.3) is 0 Å². The van der Waals surface area contributed by atoms with E-state index in [1.807, 2.05) is 0 Å². The van der Waals surface area contributed by atoms with Gasteiger partial charge < -0.3 is 20.1 Å². The third kappa shape index (κ3) is 3.64. The summed E-state index contributed by atoms with van der Waals surface area (Å²) in [5, 5.41) is 12.9. The number of carbonyl (C=O) groups is 1. The second-order valence-corrected chi connectivity index (χ2v) is 6.39.